The number of ether oxygens (including phenoxy) is 1. The lowest BCUT2D eigenvalue weighted by atomic mass is 10.1. The number of benzene rings is 3. The van der Waals surface area contributed by atoms with E-state index in [1.807, 2.05) is 72.1 Å². The molecule has 5 nitrogen and oxygen atoms in total. The maximum atomic E-state index is 9.17. The van der Waals surface area contributed by atoms with Crippen molar-refractivity contribution in [3.05, 3.63) is 98.8 Å². The summed E-state index contributed by atoms with van der Waals surface area (Å²) in [6.45, 7) is 0.620. The number of halogens is 1. The molecule has 2 aromatic heterocycles. The lowest BCUT2D eigenvalue weighted by Crippen LogP contribution is -1.99. The molecule has 5 rings (SSSR count). The van der Waals surface area contributed by atoms with Crippen molar-refractivity contribution in [2.24, 2.45) is 0 Å². The molecule has 0 aliphatic rings. The second kappa shape index (κ2) is 9.75. The maximum absolute atomic E-state index is 9.17. The number of hydrogen-bond acceptors (Lipinski definition) is 5. The molecule has 166 valence electrons. The Morgan fingerprint density at radius 1 is 0.970 bits per heavy atom. The highest BCUT2D eigenvalue weighted by Crippen LogP contribution is 2.29. The number of rotatable bonds is 8. The summed E-state index contributed by atoms with van der Waals surface area (Å²) in [5, 5.41) is 12.8. The number of nitrogens with one attached hydrogen (secondary N) is 1. The van der Waals surface area contributed by atoms with Crippen LogP contribution >= 0.6 is 22.9 Å². The predicted molar refractivity (Wildman–Crippen MR) is 133 cm³/mol. The van der Waals surface area contributed by atoms with Crippen LogP contribution in [0.25, 0.3) is 22.6 Å². The largest absolute Gasteiger partial charge is 0.489 e. The zero-order chi connectivity index (χ0) is 22.6. The highest BCUT2D eigenvalue weighted by molar-refractivity contribution is 7.10. The summed E-state index contributed by atoms with van der Waals surface area (Å²) in [5.41, 5.74) is 5.80. The summed E-state index contributed by atoms with van der Waals surface area (Å²) in [6, 6.07) is 21.8. The van der Waals surface area contributed by atoms with E-state index in [4.69, 9.17) is 26.3 Å². The van der Waals surface area contributed by atoms with Gasteiger partial charge in [-0.15, -0.1) is 11.3 Å². The number of thiazole rings is 1. The molecule has 2 N–H and O–H groups in total. The van der Waals surface area contributed by atoms with Crippen LogP contribution in [0.2, 0.25) is 5.02 Å². The molecule has 0 radical (unpaired) electrons. The van der Waals surface area contributed by atoms with E-state index in [0.717, 1.165) is 50.0 Å². The molecule has 3 aromatic carbocycles. The van der Waals surface area contributed by atoms with Crippen LogP contribution in [0.1, 0.15) is 21.7 Å². The van der Waals surface area contributed by atoms with Gasteiger partial charge in [0.05, 0.1) is 16.0 Å². The van der Waals surface area contributed by atoms with Crippen LogP contribution in [0, 0.1) is 0 Å². The Balaban J connectivity index is 1.35. The molecule has 2 heterocycles. The van der Waals surface area contributed by atoms with Gasteiger partial charge in [0.25, 0.3) is 0 Å². The van der Waals surface area contributed by atoms with E-state index in [1.165, 1.54) is 0 Å². The van der Waals surface area contributed by atoms with E-state index in [-0.39, 0.29) is 6.61 Å². The van der Waals surface area contributed by atoms with Crippen molar-refractivity contribution in [3.63, 3.8) is 0 Å². The summed E-state index contributed by atoms with van der Waals surface area (Å²) in [4.78, 5) is 12.8. The molecule has 0 saturated carbocycles. The molecule has 0 bridgehead atoms. The number of aromatic amines is 1. The Hall–Kier alpha value is -3.19. The number of fused-ring (bicyclic) bond motifs is 1. The van der Waals surface area contributed by atoms with Crippen molar-refractivity contribution in [1.29, 1.82) is 0 Å². The number of imidazole rings is 1. The second-order valence-electron chi connectivity index (χ2n) is 7.74. The van der Waals surface area contributed by atoms with Crippen molar-refractivity contribution < 1.29 is 9.84 Å². The van der Waals surface area contributed by atoms with E-state index in [2.05, 4.69) is 4.98 Å². The summed E-state index contributed by atoms with van der Waals surface area (Å²) in [7, 11) is 0. The first-order chi connectivity index (χ1) is 16.2. The van der Waals surface area contributed by atoms with E-state index < -0.39 is 0 Å². The predicted octanol–water partition coefficient (Wildman–Crippen LogP) is 6.04. The van der Waals surface area contributed by atoms with Crippen molar-refractivity contribution in [2.75, 3.05) is 6.61 Å². The minimum absolute atomic E-state index is 0.124. The van der Waals surface area contributed by atoms with Gasteiger partial charge in [0.15, 0.2) is 5.82 Å². The molecule has 0 saturated heterocycles. The number of aromatic nitrogens is 3. The van der Waals surface area contributed by atoms with Gasteiger partial charge in [-0.3, -0.25) is 0 Å². The SMILES string of the molecule is OCCc1ccc2[nH]c(-c3csc(Cc4cc(Cl)ccc4OCc4ccccc4)n3)nc2c1. The van der Waals surface area contributed by atoms with Crippen LogP contribution < -0.4 is 4.74 Å². The highest BCUT2D eigenvalue weighted by atomic mass is 35.5. The fourth-order valence-corrected chi connectivity index (χ4v) is 4.68. The quantitative estimate of drug-likeness (QED) is 0.287. The highest BCUT2D eigenvalue weighted by Gasteiger charge is 2.13. The lowest BCUT2D eigenvalue weighted by Gasteiger charge is -2.11. The fourth-order valence-electron chi connectivity index (χ4n) is 3.68. The molecule has 7 heteroatoms. The van der Waals surface area contributed by atoms with Crippen LogP contribution in [0.4, 0.5) is 0 Å². The topological polar surface area (TPSA) is 71.0 Å². The first-order valence-electron chi connectivity index (χ1n) is 10.7. The molecule has 0 aliphatic heterocycles. The van der Waals surface area contributed by atoms with Gasteiger partial charge in [-0.1, -0.05) is 48.0 Å². The molecule has 0 unspecified atom stereocenters. The summed E-state index contributed by atoms with van der Waals surface area (Å²) >= 11 is 7.87. The van der Waals surface area contributed by atoms with E-state index >= 15 is 0 Å². The third-order valence-corrected chi connectivity index (χ3v) is 6.43. The van der Waals surface area contributed by atoms with Gasteiger partial charge in [-0.05, 0) is 47.9 Å². The van der Waals surface area contributed by atoms with Gasteiger partial charge >= 0.3 is 0 Å². The summed E-state index contributed by atoms with van der Waals surface area (Å²) < 4.78 is 6.09. The van der Waals surface area contributed by atoms with Crippen LogP contribution in [0.3, 0.4) is 0 Å². The lowest BCUT2D eigenvalue weighted by molar-refractivity contribution is 0.299. The zero-order valence-electron chi connectivity index (χ0n) is 17.8. The minimum Gasteiger partial charge on any atom is -0.489 e. The minimum atomic E-state index is 0.124. The first kappa shape index (κ1) is 21.6. The van der Waals surface area contributed by atoms with Crippen molar-refractivity contribution in [2.45, 2.75) is 19.4 Å². The number of hydrogen-bond donors (Lipinski definition) is 2. The summed E-state index contributed by atoms with van der Waals surface area (Å²) in [6.07, 6.45) is 1.24. The molecule has 0 atom stereocenters. The van der Waals surface area contributed by atoms with Crippen molar-refractivity contribution in [1.82, 2.24) is 15.0 Å². The van der Waals surface area contributed by atoms with Gasteiger partial charge in [0, 0.05) is 29.0 Å². The number of H-pyrrole nitrogens is 1. The van der Waals surface area contributed by atoms with Gasteiger partial charge in [-0.25, -0.2) is 9.97 Å². The standard InChI is InChI=1S/C26H22ClN3O2S/c27-20-7-9-24(32-15-18-4-2-1-3-5-18)19(13-20)14-25-28-23(16-33-25)26-29-21-8-6-17(10-11-31)12-22(21)30-26/h1-9,12-13,16,31H,10-11,14-15H2,(H,29,30). The molecule has 0 spiro atoms. The Bertz CT molecular complexity index is 1380. The van der Waals surface area contributed by atoms with Crippen LogP contribution in [0.5, 0.6) is 5.75 Å². The number of nitrogens with zero attached hydrogens (tertiary/aromatic N) is 2. The number of aliphatic hydroxyl groups is 1. The molecule has 5 aromatic rings. The third-order valence-electron chi connectivity index (χ3n) is 5.34. The monoisotopic (exact) mass is 475 g/mol. The van der Waals surface area contributed by atoms with Crippen molar-refractivity contribution >= 4 is 34.0 Å². The van der Waals surface area contributed by atoms with E-state index in [9.17, 15) is 5.11 Å². The number of aliphatic hydroxyl groups excluding tert-OH is 1. The Morgan fingerprint density at radius 2 is 1.85 bits per heavy atom. The third kappa shape index (κ3) is 5.09. The van der Waals surface area contributed by atoms with Gasteiger partial charge in [0.1, 0.15) is 18.1 Å². The fraction of sp³-hybridized carbons (Fsp3) is 0.154. The Morgan fingerprint density at radius 3 is 2.70 bits per heavy atom. The van der Waals surface area contributed by atoms with E-state index in [1.54, 1.807) is 11.3 Å². The molecule has 0 amide bonds. The van der Waals surface area contributed by atoms with Crippen LogP contribution in [-0.4, -0.2) is 26.7 Å². The van der Waals surface area contributed by atoms with Crippen LogP contribution in [-0.2, 0) is 19.4 Å². The molecule has 0 aliphatic carbocycles. The normalized spacial score (nSPS) is 11.2. The van der Waals surface area contributed by atoms with Crippen LogP contribution in [0.15, 0.2) is 72.1 Å². The van der Waals surface area contributed by atoms with Gasteiger partial charge < -0.3 is 14.8 Å². The van der Waals surface area contributed by atoms with Crippen molar-refractivity contribution in [3.8, 4) is 17.3 Å². The maximum Gasteiger partial charge on any atom is 0.158 e. The Kier molecular flexibility index (Phi) is 6.39. The smallest absolute Gasteiger partial charge is 0.158 e. The summed E-state index contributed by atoms with van der Waals surface area (Å²) in [5.74, 6) is 1.54. The van der Waals surface area contributed by atoms with Gasteiger partial charge in [0.2, 0.25) is 0 Å². The first-order valence-corrected chi connectivity index (χ1v) is 11.9. The van der Waals surface area contributed by atoms with Gasteiger partial charge in [-0.2, -0.15) is 0 Å². The average Bonchev–Trinajstić information content (AvgIpc) is 3.46. The average molecular weight is 476 g/mol. The zero-order valence-corrected chi connectivity index (χ0v) is 19.4. The molecule has 0 fully saturated rings. The molecule has 33 heavy (non-hydrogen) atoms. The van der Waals surface area contributed by atoms with E-state index in [0.29, 0.717) is 24.5 Å². The molecular formula is C26H22ClN3O2S. The molecular weight excluding hydrogens is 454 g/mol. The second-order valence-corrected chi connectivity index (χ2v) is 9.12. The Labute approximate surface area is 200 Å².